The first kappa shape index (κ1) is 64.1. The van der Waals surface area contributed by atoms with Crippen molar-refractivity contribution in [2.24, 2.45) is 11.8 Å². The van der Waals surface area contributed by atoms with E-state index >= 15 is 0 Å². The molecule has 0 aliphatic heterocycles. The second-order valence-corrected chi connectivity index (χ2v) is 20.7. The number of amides is 1. The van der Waals surface area contributed by atoms with E-state index in [-0.39, 0.29) is 18.0 Å². The largest absolute Gasteiger partial charge is 0.465 e. The molecule has 66 heavy (non-hydrogen) atoms. The minimum atomic E-state index is -0.0450. The highest BCUT2D eigenvalue weighted by Gasteiger charge is 2.23. The molecule has 0 aliphatic rings. The Bertz CT molecular complexity index is 1090. The van der Waals surface area contributed by atoms with E-state index in [9.17, 15) is 14.4 Å². The average Bonchev–Trinajstić information content (AvgIpc) is 3.30. The van der Waals surface area contributed by atoms with Crippen LogP contribution in [0.1, 0.15) is 291 Å². The van der Waals surface area contributed by atoms with E-state index in [2.05, 4.69) is 70.7 Å². The van der Waals surface area contributed by atoms with Crippen molar-refractivity contribution in [3.63, 3.8) is 0 Å². The number of hydrogen-bond acceptors (Lipinski definition) is 6. The van der Waals surface area contributed by atoms with E-state index in [1.807, 2.05) is 0 Å². The monoisotopic (exact) mass is 931 g/mol. The lowest BCUT2D eigenvalue weighted by Gasteiger charge is -2.33. The number of unbranched alkanes of at least 4 members (excludes halogenated alkanes) is 23. The number of carbonyl (C=O) groups is 3. The first-order valence-electron chi connectivity index (χ1n) is 29.1. The number of carbonyl (C=O) groups excluding carboxylic acids is 3. The quantitative estimate of drug-likeness (QED) is 0.0344. The Morgan fingerprint density at radius 3 is 1.23 bits per heavy atom. The Balaban J connectivity index is 5.34. The molecule has 0 spiro atoms. The Hall–Kier alpha value is -1.89. The number of esters is 2. The molecule has 0 saturated heterocycles. The van der Waals surface area contributed by atoms with Gasteiger partial charge in [-0.25, -0.2) is 0 Å². The standard InChI is InChI=1S/C59H114N2O5/c1-8-13-18-23-26-33-43-54(41-31-21-16-11-4)52-65-58(63)48-38-29-35-45-56(61(51-40-50-60(6)7)57(62)47-37-28-25-20-15-10-3)46-36-30-39-49-59(64)66-53-55(42-32-22-17-12-5)44-34-27-24-19-14-9-2/h8,13,54-56H,9-12,14-53H2,1-7H3/b13-8+. The fourth-order valence-corrected chi connectivity index (χ4v) is 9.54. The van der Waals surface area contributed by atoms with Crippen molar-refractivity contribution in [2.75, 3.05) is 40.4 Å². The maximum Gasteiger partial charge on any atom is 0.305 e. The van der Waals surface area contributed by atoms with Gasteiger partial charge < -0.3 is 19.3 Å². The fourth-order valence-electron chi connectivity index (χ4n) is 9.54. The van der Waals surface area contributed by atoms with E-state index in [1.54, 1.807) is 0 Å². The third-order valence-corrected chi connectivity index (χ3v) is 13.9. The van der Waals surface area contributed by atoms with Gasteiger partial charge in [0.25, 0.3) is 0 Å². The van der Waals surface area contributed by atoms with Gasteiger partial charge in [0.1, 0.15) is 0 Å². The summed E-state index contributed by atoms with van der Waals surface area (Å²) >= 11 is 0. The fraction of sp³-hybridized carbons (Fsp3) is 0.915. The lowest BCUT2D eigenvalue weighted by Crippen LogP contribution is -2.41. The van der Waals surface area contributed by atoms with Gasteiger partial charge in [0.2, 0.25) is 5.91 Å². The molecule has 0 aromatic carbocycles. The summed E-state index contributed by atoms with van der Waals surface area (Å²) in [5.41, 5.74) is 0. The SMILES string of the molecule is C/C=C/CCCCCC(CCCCCC)COC(=O)CCCCCC(CCCCCC(=O)OCC(CCCCCC)CCCCCCCC)N(CCCN(C)C)C(=O)CCCCCCCC. The van der Waals surface area contributed by atoms with Crippen molar-refractivity contribution < 1.29 is 23.9 Å². The van der Waals surface area contributed by atoms with E-state index < -0.39 is 0 Å². The molecule has 0 fully saturated rings. The van der Waals surface area contributed by atoms with Gasteiger partial charge in [-0.15, -0.1) is 0 Å². The summed E-state index contributed by atoms with van der Waals surface area (Å²) < 4.78 is 11.8. The van der Waals surface area contributed by atoms with E-state index in [0.29, 0.717) is 50.2 Å². The van der Waals surface area contributed by atoms with Crippen molar-refractivity contribution in [1.29, 1.82) is 0 Å². The molecule has 7 heteroatoms. The van der Waals surface area contributed by atoms with Crippen LogP contribution in [0.25, 0.3) is 0 Å². The van der Waals surface area contributed by atoms with E-state index in [4.69, 9.17) is 9.47 Å². The van der Waals surface area contributed by atoms with Crippen LogP contribution in [0.15, 0.2) is 12.2 Å². The smallest absolute Gasteiger partial charge is 0.305 e. The highest BCUT2D eigenvalue weighted by Crippen LogP contribution is 2.24. The van der Waals surface area contributed by atoms with Gasteiger partial charge in [0, 0.05) is 31.8 Å². The van der Waals surface area contributed by atoms with Crippen LogP contribution in [-0.4, -0.2) is 74.1 Å². The lowest BCUT2D eigenvalue weighted by molar-refractivity contribution is -0.146. The van der Waals surface area contributed by atoms with Gasteiger partial charge in [-0.3, -0.25) is 14.4 Å². The summed E-state index contributed by atoms with van der Waals surface area (Å²) in [4.78, 5) is 44.4. The maximum atomic E-state index is 14.0. The van der Waals surface area contributed by atoms with Crippen molar-refractivity contribution in [1.82, 2.24) is 9.80 Å². The molecular formula is C59H114N2O5. The highest BCUT2D eigenvalue weighted by molar-refractivity contribution is 5.76. The van der Waals surface area contributed by atoms with Crippen LogP contribution in [0.5, 0.6) is 0 Å². The minimum absolute atomic E-state index is 0.0378. The molecule has 3 atom stereocenters. The topological polar surface area (TPSA) is 76.2 Å². The predicted octanol–water partition coefficient (Wildman–Crippen LogP) is 17.3. The lowest BCUT2D eigenvalue weighted by atomic mass is 9.95. The Kier molecular flexibility index (Phi) is 48.1. The zero-order valence-corrected chi connectivity index (χ0v) is 45.4. The summed E-state index contributed by atoms with van der Waals surface area (Å²) in [5, 5.41) is 0. The van der Waals surface area contributed by atoms with Crippen LogP contribution < -0.4 is 0 Å². The van der Waals surface area contributed by atoms with Gasteiger partial charge >= 0.3 is 11.9 Å². The molecule has 0 aromatic heterocycles. The van der Waals surface area contributed by atoms with Gasteiger partial charge in [-0.05, 0) is 116 Å². The second-order valence-electron chi connectivity index (χ2n) is 20.7. The predicted molar refractivity (Wildman–Crippen MR) is 285 cm³/mol. The molecule has 0 heterocycles. The van der Waals surface area contributed by atoms with Crippen LogP contribution in [0.2, 0.25) is 0 Å². The number of rotatable bonds is 51. The Morgan fingerprint density at radius 1 is 0.424 bits per heavy atom. The molecule has 0 radical (unpaired) electrons. The van der Waals surface area contributed by atoms with Gasteiger partial charge in [-0.1, -0.05) is 200 Å². The van der Waals surface area contributed by atoms with E-state index in [0.717, 1.165) is 103 Å². The van der Waals surface area contributed by atoms with Crippen LogP contribution >= 0.6 is 0 Å². The first-order chi connectivity index (χ1) is 32.2. The summed E-state index contributed by atoms with van der Waals surface area (Å²) in [7, 11) is 4.22. The normalized spacial score (nSPS) is 13.1. The zero-order chi connectivity index (χ0) is 48.6. The van der Waals surface area contributed by atoms with Gasteiger partial charge in [0.15, 0.2) is 0 Å². The Labute approximate surface area is 411 Å². The van der Waals surface area contributed by atoms with Crippen molar-refractivity contribution >= 4 is 17.8 Å². The third-order valence-electron chi connectivity index (χ3n) is 13.9. The van der Waals surface area contributed by atoms with Crippen LogP contribution in [-0.2, 0) is 23.9 Å². The molecule has 3 unspecified atom stereocenters. The molecule has 0 saturated carbocycles. The molecule has 0 N–H and O–H groups in total. The van der Waals surface area contributed by atoms with Crippen molar-refractivity contribution in [3.05, 3.63) is 12.2 Å². The molecule has 390 valence electrons. The third kappa shape index (κ3) is 42.2. The molecule has 0 aromatic rings. The molecule has 0 bridgehead atoms. The number of allylic oxidation sites excluding steroid dienone is 2. The number of ether oxygens (including phenoxy) is 2. The van der Waals surface area contributed by atoms with Crippen LogP contribution in [0.3, 0.4) is 0 Å². The highest BCUT2D eigenvalue weighted by atomic mass is 16.5. The number of nitrogens with zero attached hydrogens (tertiary/aromatic N) is 2. The molecular weight excluding hydrogens is 817 g/mol. The Morgan fingerprint density at radius 2 is 0.788 bits per heavy atom. The average molecular weight is 932 g/mol. The molecule has 1 amide bonds. The maximum absolute atomic E-state index is 14.0. The van der Waals surface area contributed by atoms with E-state index in [1.165, 1.54) is 148 Å². The zero-order valence-electron chi connectivity index (χ0n) is 45.4. The molecule has 0 aliphatic carbocycles. The summed E-state index contributed by atoms with van der Waals surface area (Å²) in [6.07, 6.45) is 49.1. The second kappa shape index (κ2) is 49.5. The summed E-state index contributed by atoms with van der Waals surface area (Å²) in [5.74, 6) is 1.20. The first-order valence-corrected chi connectivity index (χ1v) is 29.1. The van der Waals surface area contributed by atoms with Crippen LogP contribution in [0.4, 0.5) is 0 Å². The number of hydrogen-bond donors (Lipinski definition) is 0. The molecule has 0 rings (SSSR count). The van der Waals surface area contributed by atoms with Crippen molar-refractivity contribution in [2.45, 2.75) is 297 Å². The van der Waals surface area contributed by atoms with Crippen molar-refractivity contribution in [3.8, 4) is 0 Å². The minimum Gasteiger partial charge on any atom is -0.465 e. The van der Waals surface area contributed by atoms with Gasteiger partial charge in [-0.2, -0.15) is 0 Å². The summed E-state index contributed by atoms with van der Waals surface area (Å²) in [6, 6.07) is 0.195. The summed E-state index contributed by atoms with van der Waals surface area (Å²) in [6.45, 7) is 14.0. The molecule has 7 nitrogen and oxygen atoms in total. The van der Waals surface area contributed by atoms with Gasteiger partial charge in [0.05, 0.1) is 13.2 Å². The van der Waals surface area contributed by atoms with Crippen LogP contribution in [0, 0.1) is 11.8 Å².